The monoisotopic (exact) mass is 295 g/mol. The molecule has 1 spiro atoms. The van der Waals surface area contributed by atoms with Crippen molar-refractivity contribution in [2.45, 2.75) is 82.8 Å². The van der Waals surface area contributed by atoms with Crippen LogP contribution in [0.15, 0.2) is 0 Å². The summed E-state index contributed by atoms with van der Waals surface area (Å²) < 4.78 is 12.2. The van der Waals surface area contributed by atoms with Crippen LogP contribution in [0.25, 0.3) is 0 Å². The third kappa shape index (κ3) is 3.80. The van der Waals surface area contributed by atoms with Crippen LogP contribution in [-0.4, -0.2) is 38.0 Å². The van der Waals surface area contributed by atoms with Gasteiger partial charge in [-0.2, -0.15) is 0 Å². The summed E-state index contributed by atoms with van der Waals surface area (Å²) in [6.07, 6.45) is 13.4. The van der Waals surface area contributed by atoms with E-state index in [-0.39, 0.29) is 5.60 Å². The fourth-order valence-corrected chi connectivity index (χ4v) is 4.70. The van der Waals surface area contributed by atoms with Gasteiger partial charge in [-0.15, -0.1) is 0 Å². The van der Waals surface area contributed by atoms with Crippen molar-refractivity contribution in [3.8, 4) is 0 Å². The summed E-state index contributed by atoms with van der Waals surface area (Å²) >= 11 is 0. The largest absolute Gasteiger partial charge is 0.381 e. The van der Waals surface area contributed by atoms with E-state index in [0.717, 1.165) is 26.3 Å². The van der Waals surface area contributed by atoms with Gasteiger partial charge in [-0.25, -0.2) is 0 Å². The van der Waals surface area contributed by atoms with Crippen LogP contribution in [-0.2, 0) is 9.47 Å². The summed E-state index contributed by atoms with van der Waals surface area (Å²) in [6, 6.07) is 0. The molecule has 122 valence electrons. The SMILES string of the molecule is CCCNCC1(CC2CCC3(CCCC3)O2)CCOCC1. The van der Waals surface area contributed by atoms with E-state index in [2.05, 4.69) is 12.2 Å². The maximum atomic E-state index is 6.58. The van der Waals surface area contributed by atoms with Crippen molar-refractivity contribution in [2.24, 2.45) is 5.41 Å². The smallest absolute Gasteiger partial charge is 0.0687 e. The summed E-state index contributed by atoms with van der Waals surface area (Å²) in [4.78, 5) is 0. The van der Waals surface area contributed by atoms with Gasteiger partial charge >= 0.3 is 0 Å². The zero-order chi connectivity index (χ0) is 14.6. The van der Waals surface area contributed by atoms with Gasteiger partial charge in [0.05, 0.1) is 11.7 Å². The van der Waals surface area contributed by atoms with Gasteiger partial charge in [-0.3, -0.25) is 0 Å². The molecule has 2 heterocycles. The molecular formula is C18H33NO2. The maximum absolute atomic E-state index is 6.58. The number of hydrogen-bond donors (Lipinski definition) is 1. The molecule has 1 N–H and O–H groups in total. The van der Waals surface area contributed by atoms with E-state index in [4.69, 9.17) is 9.47 Å². The standard InChI is InChI=1S/C18H33NO2/c1-2-11-19-15-17(9-12-20-13-10-17)14-16-5-8-18(21-16)6-3-4-7-18/h16,19H,2-15H2,1H3. The Labute approximate surface area is 130 Å². The Hall–Kier alpha value is -0.120. The summed E-state index contributed by atoms with van der Waals surface area (Å²) in [5.74, 6) is 0. The lowest BCUT2D eigenvalue weighted by molar-refractivity contribution is -0.0703. The Balaban J connectivity index is 1.56. The third-order valence-corrected chi connectivity index (χ3v) is 5.99. The van der Waals surface area contributed by atoms with Crippen molar-refractivity contribution in [1.82, 2.24) is 5.32 Å². The molecule has 3 nitrogen and oxygen atoms in total. The molecule has 3 aliphatic rings. The normalized spacial score (nSPS) is 31.0. The van der Waals surface area contributed by atoms with Gasteiger partial charge in [-0.1, -0.05) is 19.8 Å². The van der Waals surface area contributed by atoms with Gasteiger partial charge in [0.15, 0.2) is 0 Å². The fourth-order valence-electron chi connectivity index (χ4n) is 4.70. The predicted octanol–water partition coefficient (Wildman–Crippen LogP) is 3.66. The quantitative estimate of drug-likeness (QED) is 0.759. The van der Waals surface area contributed by atoms with E-state index in [1.807, 2.05) is 0 Å². The van der Waals surface area contributed by atoms with Crippen LogP contribution in [0.5, 0.6) is 0 Å². The molecule has 0 radical (unpaired) electrons. The fraction of sp³-hybridized carbons (Fsp3) is 1.00. The highest BCUT2D eigenvalue weighted by Gasteiger charge is 2.45. The molecule has 0 aromatic carbocycles. The van der Waals surface area contributed by atoms with Crippen molar-refractivity contribution in [2.75, 3.05) is 26.3 Å². The molecule has 1 atom stereocenters. The second-order valence-electron chi connectivity index (χ2n) is 7.66. The number of nitrogens with one attached hydrogen (secondary N) is 1. The van der Waals surface area contributed by atoms with E-state index >= 15 is 0 Å². The molecule has 3 heteroatoms. The zero-order valence-electron chi connectivity index (χ0n) is 13.8. The van der Waals surface area contributed by atoms with E-state index in [9.17, 15) is 0 Å². The zero-order valence-corrected chi connectivity index (χ0v) is 13.8. The van der Waals surface area contributed by atoms with E-state index < -0.39 is 0 Å². The Kier molecular flexibility index (Phi) is 5.23. The second kappa shape index (κ2) is 6.97. The summed E-state index contributed by atoms with van der Waals surface area (Å²) in [6.45, 7) is 6.40. The molecular weight excluding hydrogens is 262 g/mol. The average molecular weight is 295 g/mol. The molecule has 3 rings (SSSR count). The van der Waals surface area contributed by atoms with Crippen LogP contribution in [0, 0.1) is 5.41 Å². The highest BCUT2D eigenvalue weighted by atomic mass is 16.5. The molecule has 21 heavy (non-hydrogen) atoms. The first-order valence-electron chi connectivity index (χ1n) is 9.22. The first-order valence-corrected chi connectivity index (χ1v) is 9.22. The lowest BCUT2D eigenvalue weighted by Crippen LogP contribution is -2.42. The summed E-state index contributed by atoms with van der Waals surface area (Å²) in [5.41, 5.74) is 0.704. The van der Waals surface area contributed by atoms with Crippen LogP contribution in [0.2, 0.25) is 0 Å². The van der Waals surface area contributed by atoms with Crippen LogP contribution >= 0.6 is 0 Å². The van der Waals surface area contributed by atoms with Crippen LogP contribution in [0.3, 0.4) is 0 Å². The lowest BCUT2D eigenvalue weighted by atomic mass is 9.75. The molecule has 1 saturated carbocycles. The van der Waals surface area contributed by atoms with Crippen molar-refractivity contribution in [1.29, 1.82) is 0 Å². The second-order valence-corrected chi connectivity index (χ2v) is 7.66. The maximum Gasteiger partial charge on any atom is 0.0687 e. The third-order valence-electron chi connectivity index (χ3n) is 5.99. The highest BCUT2D eigenvalue weighted by molar-refractivity contribution is 4.96. The van der Waals surface area contributed by atoms with E-state index in [1.54, 1.807) is 0 Å². The Morgan fingerprint density at radius 1 is 1.05 bits per heavy atom. The van der Waals surface area contributed by atoms with Gasteiger partial charge in [-0.05, 0) is 63.3 Å². The number of rotatable bonds is 6. The molecule has 0 aromatic heterocycles. The Morgan fingerprint density at radius 3 is 2.52 bits per heavy atom. The van der Waals surface area contributed by atoms with E-state index in [1.165, 1.54) is 64.2 Å². The average Bonchev–Trinajstić information content (AvgIpc) is 3.11. The summed E-state index contributed by atoms with van der Waals surface area (Å²) in [5, 5.41) is 3.67. The van der Waals surface area contributed by atoms with Gasteiger partial charge in [0.25, 0.3) is 0 Å². The summed E-state index contributed by atoms with van der Waals surface area (Å²) in [7, 11) is 0. The molecule has 1 unspecified atom stereocenters. The number of ether oxygens (including phenoxy) is 2. The predicted molar refractivity (Wildman–Crippen MR) is 85.6 cm³/mol. The first-order chi connectivity index (χ1) is 10.3. The molecule has 0 aromatic rings. The topological polar surface area (TPSA) is 30.5 Å². The number of hydrogen-bond acceptors (Lipinski definition) is 3. The molecule has 2 aliphatic heterocycles. The molecule has 1 aliphatic carbocycles. The van der Waals surface area contributed by atoms with Gasteiger partial charge in [0.1, 0.15) is 0 Å². The van der Waals surface area contributed by atoms with E-state index in [0.29, 0.717) is 11.5 Å². The minimum Gasteiger partial charge on any atom is -0.381 e. The minimum atomic E-state index is 0.286. The molecule has 0 bridgehead atoms. The highest BCUT2D eigenvalue weighted by Crippen LogP contribution is 2.47. The minimum absolute atomic E-state index is 0.286. The first kappa shape index (κ1) is 15.8. The van der Waals surface area contributed by atoms with Crippen molar-refractivity contribution in [3.05, 3.63) is 0 Å². The van der Waals surface area contributed by atoms with Crippen LogP contribution < -0.4 is 5.32 Å². The van der Waals surface area contributed by atoms with Gasteiger partial charge in [0.2, 0.25) is 0 Å². The van der Waals surface area contributed by atoms with Gasteiger partial charge in [0, 0.05) is 19.8 Å². The Bertz CT molecular complexity index is 319. The molecule has 3 fully saturated rings. The molecule has 2 saturated heterocycles. The van der Waals surface area contributed by atoms with Crippen molar-refractivity contribution in [3.63, 3.8) is 0 Å². The van der Waals surface area contributed by atoms with Crippen LogP contribution in [0.1, 0.15) is 71.1 Å². The van der Waals surface area contributed by atoms with Crippen LogP contribution in [0.4, 0.5) is 0 Å². The Morgan fingerprint density at radius 2 is 1.81 bits per heavy atom. The van der Waals surface area contributed by atoms with Crippen molar-refractivity contribution >= 4 is 0 Å². The van der Waals surface area contributed by atoms with Crippen molar-refractivity contribution < 1.29 is 9.47 Å². The lowest BCUT2D eigenvalue weighted by Gasteiger charge is -2.39. The molecule has 0 amide bonds. The van der Waals surface area contributed by atoms with Gasteiger partial charge < -0.3 is 14.8 Å².